The number of benzene rings is 3. The van der Waals surface area contributed by atoms with Crippen LogP contribution >= 0.6 is 0 Å². The summed E-state index contributed by atoms with van der Waals surface area (Å²) < 4.78 is 19.8. The van der Waals surface area contributed by atoms with Crippen LogP contribution in [0.25, 0.3) is 33.4 Å². The molecule has 5 rings (SSSR count). The molecule has 1 fully saturated rings. The van der Waals surface area contributed by atoms with Gasteiger partial charge in [-0.25, -0.2) is 4.39 Å². The first-order chi connectivity index (χ1) is 19.5. The number of rotatable bonds is 11. The van der Waals surface area contributed by atoms with Gasteiger partial charge in [-0.3, -0.25) is 9.59 Å². The van der Waals surface area contributed by atoms with Crippen LogP contribution < -0.4 is 10.6 Å². The first-order valence-corrected chi connectivity index (χ1v) is 13.9. The van der Waals surface area contributed by atoms with Crippen molar-refractivity contribution in [3.8, 4) is 22.5 Å². The van der Waals surface area contributed by atoms with Gasteiger partial charge in [0.2, 0.25) is 0 Å². The van der Waals surface area contributed by atoms with Crippen molar-refractivity contribution >= 4 is 29.1 Å². The fraction of sp³-hybridized carbons (Fsp3) is 0.303. The van der Waals surface area contributed by atoms with Gasteiger partial charge in [0.1, 0.15) is 23.4 Å². The molecule has 0 bridgehead atoms. The predicted molar refractivity (Wildman–Crippen MR) is 154 cm³/mol. The third kappa shape index (κ3) is 5.83. The molecule has 1 saturated carbocycles. The summed E-state index contributed by atoms with van der Waals surface area (Å²) in [4.78, 5) is 37.2. The van der Waals surface area contributed by atoms with Gasteiger partial charge >= 0.3 is 0 Å². The number of nitrogens with one attached hydrogen (secondary N) is 2. The Balaban J connectivity index is 1.52. The van der Waals surface area contributed by atoms with Crippen LogP contribution in [-0.4, -0.2) is 31.7 Å². The molecule has 4 aromatic rings. The summed E-state index contributed by atoms with van der Waals surface area (Å²) in [7, 11) is 1.54. The highest BCUT2D eigenvalue weighted by Gasteiger charge is 2.24. The van der Waals surface area contributed by atoms with E-state index in [0.29, 0.717) is 52.8 Å². The third-order valence-electron chi connectivity index (χ3n) is 7.74. The molecule has 1 aromatic heterocycles. The molecule has 6 nitrogen and oxygen atoms in total. The zero-order valence-electron chi connectivity index (χ0n) is 22.6. The summed E-state index contributed by atoms with van der Waals surface area (Å²) in [5.41, 5.74) is 4.43. The summed E-state index contributed by atoms with van der Waals surface area (Å²) in [5, 5.41) is 6.31. The first kappa shape index (κ1) is 27.3. The van der Waals surface area contributed by atoms with Crippen molar-refractivity contribution in [1.82, 2.24) is 10.6 Å². The van der Waals surface area contributed by atoms with Crippen LogP contribution in [0.15, 0.2) is 65.1 Å². The van der Waals surface area contributed by atoms with E-state index in [2.05, 4.69) is 10.6 Å². The molecule has 0 radical (unpaired) electrons. The van der Waals surface area contributed by atoms with Crippen molar-refractivity contribution < 1.29 is 23.2 Å². The molecule has 2 amide bonds. The highest BCUT2D eigenvalue weighted by atomic mass is 19.1. The summed E-state index contributed by atoms with van der Waals surface area (Å²) in [6.07, 6.45) is 7.69. The Morgan fingerprint density at radius 1 is 1.02 bits per heavy atom. The zero-order chi connectivity index (χ0) is 28.1. The maximum absolute atomic E-state index is 13.6. The maximum atomic E-state index is 13.6. The van der Waals surface area contributed by atoms with E-state index in [4.69, 9.17) is 4.42 Å². The van der Waals surface area contributed by atoms with Crippen LogP contribution in [0.1, 0.15) is 64.8 Å². The van der Waals surface area contributed by atoms with Crippen molar-refractivity contribution in [3.05, 3.63) is 83.2 Å². The van der Waals surface area contributed by atoms with E-state index in [9.17, 15) is 18.8 Å². The van der Waals surface area contributed by atoms with Gasteiger partial charge in [0.05, 0.1) is 5.56 Å². The number of halogens is 1. The standard InChI is InChI=1S/C33H33FN2O4/c1-35-33(39)30-28-20-27(23-9-3-10-25(18-23)32(38)36-16-4-8-21-6-2-7-21)24(11-5-17-37)19-29(28)40-31(30)22-12-14-26(34)15-13-22/h3,9-10,12-15,17-21H,2,4-8,11,16H2,1H3,(H,35,39)(H,36,38). The smallest absolute Gasteiger partial charge is 0.255 e. The molecule has 1 aliphatic carbocycles. The first-order valence-electron chi connectivity index (χ1n) is 13.9. The van der Waals surface area contributed by atoms with Crippen LogP contribution in [0.2, 0.25) is 0 Å². The summed E-state index contributed by atoms with van der Waals surface area (Å²) >= 11 is 0. The minimum absolute atomic E-state index is 0.126. The zero-order valence-corrected chi connectivity index (χ0v) is 22.6. The number of hydrogen-bond acceptors (Lipinski definition) is 4. The van der Waals surface area contributed by atoms with Gasteiger partial charge in [0.25, 0.3) is 11.8 Å². The molecule has 1 heterocycles. The molecule has 3 aromatic carbocycles. The average Bonchev–Trinajstić information content (AvgIpc) is 3.32. The molecule has 40 heavy (non-hydrogen) atoms. The van der Waals surface area contributed by atoms with E-state index in [1.165, 1.54) is 31.4 Å². The fourth-order valence-electron chi connectivity index (χ4n) is 5.33. The second-order valence-electron chi connectivity index (χ2n) is 10.4. The molecule has 0 unspecified atom stereocenters. The van der Waals surface area contributed by atoms with Gasteiger partial charge in [-0.15, -0.1) is 0 Å². The largest absolute Gasteiger partial charge is 0.455 e. The lowest BCUT2D eigenvalue weighted by atomic mass is 9.82. The molecule has 2 N–H and O–H groups in total. The molecular formula is C33H33FN2O4. The van der Waals surface area contributed by atoms with Crippen molar-refractivity contribution in [3.63, 3.8) is 0 Å². The van der Waals surface area contributed by atoms with Crippen LogP contribution in [0.4, 0.5) is 4.39 Å². The number of carbonyl (C=O) groups is 3. The number of aldehydes is 1. The van der Waals surface area contributed by atoms with Crippen LogP contribution in [-0.2, 0) is 11.2 Å². The average molecular weight is 541 g/mol. The van der Waals surface area contributed by atoms with Crippen molar-refractivity contribution in [2.45, 2.75) is 44.9 Å². The van der Waals surface area contributed by atoms with Gasteiger partial charge in [0, 0.05) is 36.5 Å². The lowest BCUT2D eigenvalue weighted by molar-refractivity contribution is -0.107. The highest BCUT2D eigenvalue weighted by Crippen LogP contribution is 2.38. The normalized spacial score (nSPS) is 13.2. The minimum atomic E-state index is -0.387. The van der Waals surface area contributed by atoms with Gasteiger partial charge in [-0.2, -0.15) is 0 Å². The van der Waals surface area contributed by atoms with E-state index >= 15 is 0 Å². The molecule has 1 aliphatic rings. The predicted octanol–water partition coefficient (Wildman–Crippen LogP) is 6.71. The number of carbonyl (C=O) groups excluding carboxylic acids is 3. The second-order valence-corrected chi connectivity index (χ2v) is 10.4. The number of fused-ring (bicyclic) bond motifs is 1. The summed E-state index contributed by atoms with van der Waals surface area (Å²) in [6.45, 7) is 0.646. The molecule has 7 heteroatoms. The van der Waals surface area contributed by atoms with Gasteiger partial charge in [-0.1, -0.05) is 31.4 Å². The second kappa shape index (κ2) is 12.3. The lowest BCUT2D eigenvalue weighted by Crippen LogP contribution is -2.25. The molecule has 0 aliphatic heterocycles. The third-order valence-corrected chi connectivity index (χ3v) is 7.74. The van der Waals surface area contributed by atoms with Gasteiger partial charge in [-0.05, 0) is 90.4 Å². The SMILES string of the molecule is CNC(=O)c1c(-c2ccc(F)cc2)oc2cc(CCC=O)c(-c3cccc(C(=O)NCCCC4CCC4)c3)cc12. The number of amides is 2. The molecule has 0 saturated heterocycles. The fourth-order valence-corrected chi connectivity index (χ4v) is 5.33. The number of hydrogen-bond donors (Lipinski definition) is 2. The lowest BCUT2D eigenvalue weighted by Gasteiger charge is -2.25. The van der Waals surface area contributed by atoms with Crippen molar-refractivity contribution in [2.24, 2.45) is 5.92 Å². The number of furan rings is 1. The Hall–Kier alpha value is -4.26. The summed E-state index contributed by atoms with van der Waals surface area (Å²) in [5.74, 6) is 0.301. The Bertz CT molecular complexity index is 1540. The highest BCUT2D eigenvalue weighted by molar-refractivity contribution is 6.12. The van der Waals surface area contributed by atoms with Crippen molar-refractivity contribution in [2.75, 3.05) is 13.6 Å². The Morgan fingerprint density at radius 2 is 1.82 bits per heavy atom. The van der Waals surface area contributed by atoms with Crippen molar-refractivity contribution in [1.29, 1.82) is 0 Å². The summed E-state index contributed by atoms with van der Waals surface area (Å²) in [6, 6.07) is 16.9. The quantitative estimate of drug-likeness (QED) is 0.164. The minimum Gasteiger partial charge on any atom is -0.455 e. The Kier molecular flexibility index (Phi) is 8.39. The van der Waals surface area contributed by atoms with Gasteiger partial charge < -0.3 is 19.8 Å². The van der Waals surface area contributed by atoms with E-state index in [-0.39, 0.29) is 17.6 Å². The Labute approximate surface area is 233 Å². The molecule has 206 valence electrons. The molecule has 0 spiro atoms. The maximum Gasteiger partial charge on any atom is 0.255 e. The van der Waals surface area contributed by atoms with Gasteiger partial charge in [0.15, 0.2) is 0 Å². The van der Waals surface area contributed by atoms with E-state index < -0.39 is 0 Å². The number of aryl methyl sites for hydroxylation is 1. The topological polar surface area (TPSA) is 88.4 Å². The van der Waals surface area contributed by atoms with Crippen LogP contribution in [0, 0.1) is 11.7 Å². The monoisotopic (exact) mass is 540 g/mol. The van der Waals surface area contributed by atoms with E-state index in [1.807, 2.05) is 30.3 Å². The van der Waals surface area contributed by atoms with Crippen LogP contribution in [0.5, 0.6) is 0 Å². The molecule has 0 atom stereocenters. The van der Waals surface area contributed by atoms with E-state index in [0.717, 1.165) is 41.7 Å². The van der Waals surface area contributed by atoms with Crippen LogP contribution in [0.3, 0.4) is 0 Å². The molecular weight excluding hydrogens is 507 g/mol. The van der Waals surface area contributed by atoms with E-state index in [1.54, 1.807) is 25.2 Å². The Morgan fingerprint density at radius 3 is 2.52 bits per heavy atom.